The van der Waals surface area contributed by atoms with Crippen LogP contribution in [0.5, 0.6) is 0 Å². The van der Waals surface area contributed by atoms with E-state index in [0.29, 0.717) is 26.9 Å². The van der Waals surface area contributed by atoms with Crippen LogP contribution in [0.2, 0.25) is 5.02 Å². The topological polar surface area (TPSA) is 108 Å². The minimum Gasteiger partial charge on any atom is -0.325 e. The first-order valence-electron chi connectivity index (χ1n) is 10.9. The van der Waals surface area contributed by atoms with Crippen LogP contribution in [0.25, 0.3) is 22.4 Å². The standard InChI is InChI=1S/C23H23ClN6O2S/c1-13(21(31)25-14-10-11-18-19(12-14)27-22(32)26-18)33-23-29-28-20(16-8-4-5-9-17(16)24)30(23)15-6-2-3-7-15/h4-5,8-13,15H,2-3,6-7H2,1H3,(H,25,31)(H2,26,27,32)/t13-/m0/s1. The average Bonchev–Trinajstić information content (AvgIpc) is 3.53. The van der Waals surface area contributed by atoms with Crippen molar-refractivity contribution in [2.45, 2.75) is 49.1 Å². The van der Waals surface area contributed by atoms with Gasteiger partial charge in [-0.15, -0.1) is 10.2 Å². The molecule has 1 aliphatic carbocycles. The Morgan fingerprint density at radius 2 is 1.91 bits per heavy atom. The SMILES string of the molecule is C[C@H](Sc1nnc(-c2ccccc2Cl)n1C1CCCC1)C(=O)Nc1ccc2[nH]c(=O)[nH]c2c1. The van der Waals surface area contributed by atoms with Gasteiger partial charge in [-0.25, -0.2) is 4.79 Å². The minimum atomic E-state index is -0.408. The highest BCUT2D eigenvalue weighted by Crippen LogP contribution is 2.39. The Hall–Kier alpha value is -3.04. The summed E-state index contributed by atoms with van der Waals surface area (Å²) in [6.45, 7) is 1.85. The number of hydrogen-bond donors (Lipinski definition) is 3. The molecule has 0 bridgehead atoms. The van der Waals surface area contributed by atoms with E-state index in [1.54, 1.807) is 18.2 Å². The maximum Gasteiger partial charge on any atom is 0.323 e. The Bertz CT molecular complexity index is 1370. The van der Waals surface area contributed by atoms with Gasteiger partial charge >= 0.3 is 5.69 Å². The highest BCUT2D eigenvalue weighted by molar-refractivity contribution is 8.00. The van der Waals surface area contributed by atoms with Gasteiger partial charge in [-0.05, 0) is 50.1 Å². The lowest BCUT2D eigenvalue weighted by molar-refractivity contribution is -0.115. The number of nitrogens with one attached hydrogen (secondary N) is 3. The number of thioether (sulfide) groups is 1. The lowest BCUT2D eigenvalue weighted by Crippen LogP contribution is -2.23. The number of benzene rings is 2. The van der Waals surface area contributed by atoms with E-state index in [4.69, 9.17) is 11.6 Å². The van der Waals surface area contributed by atoms with Gasteiger partial charge in [0, 0.05) is 17.3 Å². The number of imidazole rings is 1. The molecule has 1 atom stereocenters. The molecule has 2 aromatic carbocycles. The van der Waals surface area contributed by atoms with Crippen molar-refractivity contribution in [3.05, 3.63) is 58.0 Å². The molecule has 1 saturated carbocycles. The smallest absolute Gasteiger partial charge is 0.323 e. The lowest BCUT2D eigenvalue weighted by Gasteiger charge is -2.19. The van der Waals surface area contributed by atoms with Gasteiger partial charge in [-0.1, -0.05) is 48.3 Å². The summed E-state index contributed by atoms with van der Waals surface area (Å²) in [5.41, 5.74) is 2.51. The number of aromatic nitrogens is 5. The predicted molar refractivity (Wildman–Crippen MR) is 131 cm³/mol. The van der Waals surface area contributed by atoms with Crippen molar-refractivity contribution in [1.29, 1.82) is 0 Å². The third-order valence-corrected chi connectivity index (χ3v) is 7.29. The van der Waals surface area contributed by atoms with E-state index >= 15 is 0 Å². The van der Waals surface area contributed by atoms with Gasteiger partial charge in [0.1, 0.15) is 0 Å². The third kappa shape index (κ3) is 4.43. The Labute approximate surface area is 199 Å². The third-order valence-electron chi connectivity index (χ3n) is 5.90. The molecular weight excluding hydrogens is 460 g/mol. The number of carbonyl (C=O) groups excluding carboxylic acids is 1. The van der Waals surface area contributed by atoms with Crippen LogP contribution in [-0.2, 0) is 4.79 Å². The van der Waals surface area contributed by atoms with Crippen LogP contribution in [0.15, 0.2) is 52.4 Å². The molecule has 0 aliphatic heterocycles. The van der Waals surface area contributed by atoms with E-state index in [2.05, 4.69) is 30.0 Å². The molecule has 4 aromatic rings. The molecule has 1 amide bonds. The summed E-state index contributed by atoms with van der Waals surface area (Å²) in [7, 11) is 0. The summed E-state index contributed by atoms with van der Waals surface area (Å²) >= 11 is 7.84. The molecule has 0 unspecified atom stereocenters. The first-order valence-corrected chi connectivity index (χ1v) is 12.1. The van der Waals surface area contributed by atoms with Gasteiger partial charge in [0.05, 0.1) is 21.3 Å². The van der Waals surface area contributed by atoms with Gasteiger partial charge in [0.15, 0.2) is 11.0 Å². The van der Waals surface area contributed by atoms with Gasteiger partial charge in [-0.2, -0.15) is 0 Å². The van der Waals surface area contributed by atoms with E-state index in [0.717, 1.165) is 37.1 Å². The molecule has 1 aliphatic rings. The lowest BCUT2D eigenvalue weighted by atomic mass is 10.2. The Morgan fingerprint density at radius 1 is 1.15 bits per heavy atom. The van der Waals surface area contributed by atoms with Gasteiger partial charge in [-0.3, -0.25) is 9.36 Å². The molecule has 2 aromatic heterocycles. The normalized spacial score (nSPS) is 15.2. The van der Waals surface area contributed by atoms with E-state index in [-0.39, 0.29) is 17.6 Å². The van der Waals surface area contributed by atoms with Crippen molar-refractivity contribution in [2.75, 3.05) is 5.32 Å². The number of halogens is 1. The number of H-pyrrole nitrogens is 2. The maximum absolute atomic E-state index is 12.9. The monoisotopic (exact) mass is 482 g/mol. The number of rotatable bonds is 6. The summed E-state index contributed by atoms with van der Waals surface area (Å²) in [6, 6.07) is 13.2. The van der Waals surface area contributed by atoms with Crippen molar-refractivity contribution in [3.8, 4) is 11.4 Å². The molecule has 33 heavy (non-hydrogen) atoms. The zero-order valence-electron chi connectivity index (χ0n) is 18.0. The number of aromatic amines is 2. The zero-order valence-corrected chi connectivity index (χ0v) is 19.5. The largest absolute Gasteiger partial charge is 0.325 e. The number of hydrogen-bond acceptors (Lipinski definition) is 5. The minimum absolute atomic E-state index is 0.155. The van der Waals surface area contributed by atoms with Crippen LogP contribution in [0.4, 0.5) is 5.69 Å². The summed E-state index contributed by atoms with van der Waals surface area (Å²) in [5, 5.41) is 12.8. The van der Waals surface area contributed by atoms with Crippen LogP contribution in [0.3, 0.4) is 0 Å². The second-order valence-electron chi connectivity index (χ2n) is 8.18. The summed E-state index contributed by atoms with van der Waals surface area (Å²) in [4.78, 5) is 29.8. The van der Waals surface area contributed by atoms with Gasteiger partial charge in [0.25, 0.3) is 0 Å². The highest BCUT2D eigenvalue weighted by atomic mass is 35.5. The zero-order chi connectivity index (χ0) is 22.9. The molecular formula is C23H23ClN6O2S. The van der Waals surface area contributed by atoms with Gasteiger partial charge in [0.2, 0.25) is 5.91 Å². The molecule has 0 radical (unpaired) electrons. The summed E-state index contributed by atoms with van der Waals surface area (Å²) in [6.07, 6.45) is 4.43. The molecule has 5 rings (SSSR count). The quantitative estimate of drug-likeness (QED) is 0.335. The number of anilines is 1. The van der Waals surface area contributed by atoms with E-state index in [1.165, 1.54) is 11.8 Å². The maximum atomic E-state index is 12.9. The van der Waals surface area contributed by atoms with Crippen molar-refractivity contribution in [1.82, 2.24) is 24.7 Å². The number of fused-ring (bicyclic) bond motifs is 1. The van der Waals surface area contributed by atoms with Crippen LogP contribution < -0.4 is 11.0 Å². The van der Waals surface area contributed by atoms with Crippen molar-refractivity contribution >= 4 is 46.0 Å². The summed E-state index contributed by atoms with van der Waals surface area (Å²) < 4.78 is 2.15. The van der Waals surface area contributed by atoms with Crippen LogP contribution in [-0.4, -0.2) is 35.9 Å². The van der Waals surface area contributed by atoms with Crippen molar-refractivity contribution < 1.29 is 4.79 Å². The molecule has 3 N–H and O–H groups in total. The van der Waals surface area contributed by atoms with E-state index in [9.17, 15) is 9.59 Å². The Morgan fingerprint density at radius 3 is 2.70 bits per heavy atom. The average molecular weight is 483 g/mol. The van der Waals surface area contributed by atoms with E-state index < -0.39 is 5.25 Å². The Kier molecular flexibility index (Phi) is 5.99. The summed E-state index contributed by atoms with van der Waals surface area (Å²) in [5.74, 6) is 0.585. The molecule has 0 spiro atoms. The number of nitrogens with zero attached hydrogens (tertiary/aromatic N) is 3. The fourth-order valence-corrected chi connectivity index (χ4v) is 5.38. The fourth-order valence-electron chi connectivity index (χ4n) is 4.24. The first kappa shape index (κ1) is 21.8. The predicted octanol–water partition coefficient (Wildman–Crippen LogP) is 5.00. The second kappa shape index (κ2) is 9.07. The van der Waals surface area contributed by atoms with Crippen molar-refractivity contribution in [2.24, 2.45) is 0 Å². The van der Waals surface area contributed by atoms with E-state index in [1.807, 2.05) is 31.2 Å². The second-order valence-corrected chi connectivity index (χ2v) is 9.90. The van der Waals surface area contributed by atoms with Gasteiger partial charge < -0.3 is 15.3 Å². The van der Waals surface area contributed by atoms with Crippen LogP contribution >= 0.6 is 23.4 Å². The Balaban J connectivity index is 1.39. The number of carbonyl (C=O) groups is 1. The molecule has 2 heterocycles. The highest BCUT2D eigenvalue weighted by Gasteiger charge is 2.28. The molecule has 1 fully saturated rings. The molecule has 10 heteroatoms. The fraction of sp³-hybridized carbons (Fsp3) is 0.304. The molecule has 170 valence electrons. The van der Waals surface area contributed by atoms with Crippen LogP contribution in [0.1, 0.15) is 38.6 Å². The molecule has 8 nitrogen and oxygen atoms in total. The number of amides is 1. The van der Waals surface area contributed by atoms with Crippen LogP contribution in [0, 0.1) is 0 Å². The first-order chi connectivity index (χ1) is 16.0. The molecule has 0 saturated heterocycles. The van der Waals surface area contributed by atoms with Crippen molar-refractivity contribution in [3.63, 3.8) is 0 Å².